The summed E-state index contributed by atoms with van der Waals surface area (Å²) in [6.45, 7) is 1.37. The zero-order valence-corrected chi connectivity index (χ0v) is 11.1. The van der Waals surface area contributed by atoms with Gasteiger partial charge in [-0.3, -0.25) is 4.79 Å². The summed E-state index contributed by atoms with van der Waals surface area (Å²) in [5.74, 6) is -7.07. The molecule has 7 heteroatoms. The van der Waals surface area contributed by atoms with Gasteiger partial charge < -0.3 is 15.2 Å². The number of halogens is 3. The molecule has 1 heterocycles. The fraction of sp³-hybridized carbons (Fsp3) is 0.357. The van der Waals surface area contributed by atoms with E-state index in [1.54, 1.807) is 0 Å². The average Bonchev–Trinajstić information content (AvgIpc) is 2.49. The SMILES string of the molecule is O=C(NCCC1=CCOCC1)c1cc(F)c(F)c(O)c1F. The molecule has 114 valence electrons. The van der Waals surface area contributed by atoms with Crippen LogP contribution >= 0.6 is 0 Å². The predicted molar refractivity (Wildman–Crippen MR) is 68.5 cm³/mol. The lowest BCUT2D eigenvalue weighted by atomic mass is 10.1. The quantitative estimate of drug-likeness (QED) is 0.662. The smallest absolute Gasteiger partial charge is 0.254 e. The maximum atomic E-state index is 13.5. The van der Waals surface area contributed by atoms with Crippen molar-refractivity contribution in [2.24, 2.45) is 0 Å². The topological polar surface area (TPSA) is 58.6 Å². The van der Waals surface area contributed by atoms with Crippen molar-refractivity contribution in [1.29, 1.82) is 0 Å². The van der Waals surface area contributed by atoms with Crippen LogP contribution in [-0.4, -0.2) is 30.8 Å². The molecule has 0 spiro atoms. The number of phenolic OH excluding ortho intramolecular Hbond substituents is 1. The first-order valence-corrected chi connectivity index (χ1v) is 6.41. The molecule has 1 aliphatic heterocycles. The van der Waals surface area contributed by atoms with Crippen LogP contribution in [0.4, 0.5) is 13.2 Å². The van der Waals surface area contributed by atoms with Crippen LogP contribution < -0.4 is 5.32 Å². The molecule has 1 aromatic carbocycles. The molecule has 4 nitrogen and oxygen atoms in total. The number of amides is 1. The van der Waals surface area contributed by atoms with Gasteiger partial charge in [-0.2, -0.15) is 4.39 Å². The molecule has 1 amide bonds. The fourth-order valence-corrected chi connectivity index (χ4v) is 1.98. The van der Waals surface area contributed by atoms with Crippen molar-refractivity contribution < 1.29 is 27.8 Å². The molecular weight excluding hydrogens is 287 g/mol. The molecular formula is C14H14F3NO3. The Bertz CT molecular complexity index is 587. The third kappa shape index (κ3) is 3.55. The Labute approximate surface area is 119 Å². The van der Waals surface area contributed by atoms with E-state index in [2.05, 4.69) is 5.32 Å². The summed E-state index contributed by atoms with van der Waals surface area (Å²) >= 11 is 0. The summed E-state index contributed by atoms with van der Waals surface area (Å²) in [7, 11) is 0. The van der Waals surface area contributed by atoms with Gasteiger partial charge in [0.15, 0.2) is 17.4 Å². The Morgan fingerprint density at radius 3 is 2.76 bits per heavy atom. The standard InChI is InChI=1S/C14H14F3NO3/c15-10-7-9(11(16)13(19)12(10)17)14(20)18-4-1-8-2-5-21-6-3-8/h2,7,19H,1,3-6H2,(H,18,20). The monoisotopic (exact) mass is 301 g/mol. The Hall–Kier alpha value is -2.02. The van der Waals surface area contributed by atoms with Crippen molar-refractivity contribution in [3.63, 3.8) is 0 Å². The second kappa shape index (κ2) is 6.62. The van der Waals surface area contributed by atoms with Gasteiger partial charge in [0.25, 0.3) is 5.91 Å². The highest BCUT2D eigenvalue weighted by molar-refractivity contribution is 5.94. The highest BCUT2D eigenvalue weighted by Crippen LogP contribution is 2.25. The number of hydrogen-bond acceptors (Lipinski definition) is 3. The largest absolute Gasteiger partial charge is 0.503 e. The van der Waals surface area contributed by atoms with E-state index in [0.29, 0.717) is 25.7 Å². The van der Waals surface area contributed by atoms with E-state index < -0.39 is 34.7 Å². The molecule has 0 aromatic heterocycles. The Balaban J connectivity index is 1.99. The summed E-state index contributed by atoms with van der Waals surface area (Å²) < 4.78 is 44.7. The number of benzene rings is 1. The molecule has 0 bridgehead atoms. The van der Waals surface area contributed by atoms with E-state index in [9.17, 15) is 18.0 Å². The van der Waals surface area contributed by atoms with Gasteiger partial charge >= 0.3 is 0 Å². The average molecular weight is 301 g/mol. The van der Waals surface area contributed by atoms with Crippen LogP contribution in [0.2, 0.25) is 0 Å². The van der Waals surface area contributed by atoms with Crippen molar-refractivity contribution in [2.45, 2.75) is 12.8 Å². The number of nitrogens with one attached hydrogen (secondary N) is 1. The predicted octanol–water partition coefficient (Wildman–Crippen LogP) is 2.28. The summed E-state index contributed by atoms with van der Waals surface area (Å²) in [5.41, 5.74) is 0.377. The maximum Gasteiger partial charge on any atom is 0.254 e. The number of ether oxygens (including phenoxy) is 1. The van der Waals surface area contributed by atoms with Crippen LogP contribution in [0.5, 0.6) is 5.75 Å². The molecule has 0 saturated heterocycles. The first-order valence-electron chi connectivity index (χ1n) is 6.41. The second-order valence-corrected chi connectivity index (χ2v) is 4.58. The van der Waals surface area contributed by atoms with E-state index >= 15 is 0 Å². The van der Waals surface area contributed by atoms with Crippen molar-refractivity contribution >= 4 is 5.91 Å². The number of carbonyl (C=O) groups excluding carboxylic acids is 1. The van der Waals surface area contributed by atoms with Gasteiger partial charge in [0.2, 0.25) is 5.82 Å². The van der Waals surface area contributed by atoms with Gasteiger partial charge in [-0.15, -0.1) is 0 Å². The minimum atomic E-state index is -1.71. The van der Waals surface area contributed by atoms with Crippen molar-refractivity contribution in [1.82, 2.24) is 5.32 Å². The third-order valence-corrected chi connectivity index (χ3v) is 3.17. The van der Waals surface area contributed by atoms with Gasteiger partial charge in [-0.05, 0) is 18.9 Å². The molecule has 1 aliphatic rings. The summed E-state index contributed by atoms with van der Waals surface area (Å²) in [6.07, 6.45) is 3.22. The van der Waals surface area contributed by atoms with Crippen LogP contribution in [0.1, 0.15) is 23.2 Å². The Morgan fingerprint density at radius 2 is 2.10 bits per heavy atom. The molecule has 2 rings (SSSR count). The third-order valence-electron chi connectivity index (χ3n) is 3.17. The van der Waals surface area contributed by atoms with E-state index in [-0.39, 0.29) is 6.54 Å². The zero-order valence-electron chi connectivity index (χ0n) is 11.1. The number of carbonyl (C=O) groups is 1. The number of phenols is 1. The molecule has 0 saturated carbocycles. The molecule has 0 aliphatic carbocycles. The lowest BCUT2D eigenvalue weighted by Gasteiger charge is -2.14. The first-order chi connectivity index (χ1) is 10.0. The summed E-state index contributed by atoms with van der Waals surface area (Å²) in [4.78, 5) is 11.7. The normalized spacial score (nSPS) is 14.7. The molecule has 1 aromatic rings. The highest BCUT2D eigenvalue weighted by Gasteiger charge is 2.22. The van der Waals surface area contributed by atoms with Gasteiger partial charge in [0.1, 0.15) is 0 Å². The van der Waals surface area contributed by atoms with E-state index in [0.717, 1.165) is 12.0 Å². The molecule has 0 unspecified atom stereocenters. The second-order valence-electron chi connectivity index (χ2n) is 4.58. The van der Waals surface area contributed by atoms with Gasteiger partial charge in [0.05, 0.1) is 18.8 Å². The van der Waals surface area contributed by atoms with Crippen LogP contribution in [0, 0.1) is 17.5 Å². The molecule has 0 radical (unpaired) electrons. The van der Waals surface area contributed by atoms with Gasteiger partial charge in [-0.1, -0.05) is 11.6 Å². The van der Waals surface area contributed by atoms with Crippen molar-refractivity contribution in [3.05, 3.63) is 40.7 Å². The highest BCUT2D eigenvalue weighted by atomic mass is 19.2. The van der Waals surface area contributed by atoms with Crippen LogP contribution in [-0.2, 0) is 4.74 Å². The molecule has 0 fully saturated rings. The Kier molecular flexibility index (Phi) is 4.85. The van der Waals surface area contributed by atoms with Crippen LogP contribution in [0.3, 0.4) is 0 Å². The molecule has 2 N–H and O–H groups in total. The van der Waals surface area contributed by atoms with Crippen molar-refractivity contribution in [3.8, 4) is 5.75 Å². The number of rotatable bonds is 4. The number of aromatic hydroxyl groups is 1. The van der Waals surface area contributed by atoms with Crippen LogP contribution in [0.25, 0.3) is 0 Å². The lowest BCUT2D eigenvalue weighted by Crippen LogP contribution is -2.26. The van der Waals surface area contributed by atoms with Crippen molar-refractivity contribution in [2.75, 3.05) is 19.8 Å². The number of hydrogen-bond donors (Lipinski definition) is 2. The Morgan fingerprint density at radius 1 is 1.33 bits per heavy atom. The minimum absolute atomic E-state index is 0.226. The van der Waals surface area contributed by atoms with E-state index in [1.807, 2.05) is 6.08 Å². The maximum absolute atomic E-state index is 13.5. The van der Waals surface area contributed by atoms with Gasteiger partial charge in [0, 0.05) is 6.54 Å². The van der Waals surface area contributed by atoms with Crippen LogP contribution in [0.15, 0.2) is 17.7 Å². The van der Waals surface area contributed by atoms with E-state index in [4.69, 9.17) is 9.84 Å². The molecule has 21 heavy (non-hydrogen) atoms. The summed E-state index contributed by atoms with van der Waals surface area (Å²) in [5, 5.41) is 11.5. The minimum Gasteiger partial charge on any atom is -0.503 e. The fourth-order valence-electron chi connectivity index (χ4n) is 1.98. The summed E-state index contributed by atoms with van der Waals surface area (Å²) in [6, 6.07) is 0.424. The first kappa shape index (κ1) is 15.4. The molecule has 0 atom stereocenters. The van der Waals surface area contributed by atoms with Gasteiger partial charge in [-0.25, -0.2) is 8.78 Å². The van der Waals surface area contributed by atoms with E-state index in [1.165, 1.54) is 0 Å². The zero-order chi connectivity index (χ0) is 15.4. The lowest BCUT2D eigenvalue weighted by molar-refractivity contribution is 0.0948.